The predicted molar refractivity (Wildman–Crippen MR) is 200 cm³/mol. The molecule has 0 heterocycles. The zero-order valence-electron chi connectivity index (χ0n) is 28.5. The Morgan fingerprint density at radius 3 is 1.92 bits per heavy atom. The molecule has 0 radical (unpaired) electrons. The molecule has 260 valence electrons. The number of ether oxygens (including phenoxy) is 4. The fourth-order valence-corrected chi connectivity index (χ4v) is 6.05. The number of thioether (sulfide) groups is 1. The van der Waals surface area contributed by atoms with Crippen molar-refractivity contribution in [2.45, 2.75) is 10.1 Å². The largest absolute Gasteiger partial charge is 0.497 e. The van der Waals surface area contributed by atoms with Gasteiger partial charge in [-0.1, -0.05) is 54.6 Å². The third kappa shape index (κ3) is 9.49. The lowest BCUT2D eigenvalue weighted by Crippen LogP contribution is -2.30. The van der Waals surface area contributed by atoms with E-state index in [0.29, 0.717) is 45.5 Å². The first-order valence-corrected chi connectivity index (χ1v) is 16.7. The molecule has 0 aliphatic heterocycles. The number of rotatable bonds is 14. The summed E-state index contributed by atoms with van der Waals surface area (Å²) in [6.07, 6.45) is 1.51. The van der Waals surface area contributed by atoms with E-state index in [1.807, 2.05) is 54.6 Å². The molecule has 0 aliphatic carbocycles. The second-order valence-corrected chi connectivity index (χ2v) is 12.1. The molecular weight excluding hydrogens is 667 g/mol. The molecule has 1 unspecified atom stereocenters. The monoisotopic (exact) mass is 703 g/mol. The van der Waals surface area contributed by atoms with Crippen molar-refractivity contribution in [3.8, 4) is 23.0 Å². The van der Waals surface area contributed by atoms with Crippen LogP contribution < -0.4 is 34.9 Å². The molecule has 0 aromatic heterocycles. The van der Waals surface area contributed by atoms with Gasteiger partial charge in [0.1, 0.15) is 22.4 Å². The lowest BCUT2D eigenvalue weighted by molar-refractivity contribution is -0.116. The number of amides is 3. The summed E-state index contributed by atoms with van der Waals surface area (Å²) in [6, 6.07) is 35.6. The first kappa shape index (κ1) is 36.1. The molecule has 0 aliphatic rings. The van der Waals surface area contributed by atoms with Gasteiger partial charge >= 0.3 is 0 Å². The minimum atomic E-state index is -0.573. The van der Waals surface area contributed by atoms with E-state index in [2.05, 4.69) is 16.0 Å². The molecule has 1 atom stereocenters. The van der Waals surface area contributed by atoms with Crippen molar-refractivity contribution in [3.05, 3.63) is 144 Å². The van der Waals surface area contributed by atoms with Crippen LogP contribution in [0, 0.1) is 0 Å². The number of nitrogens with one attached hydrogen (secondary N) is 3. The maximum Gasteiger partial charge on any atom is 0.272 e. The summed E-state index contributed by atoms with van der Waals surface area (Å²) in [5.41, 5.74) is 2.73. The first-order chi connectivity index (χ1) is 24.8. The quantitative estimate of drug-likeness (QED) is 0.0798. The summed E-state index contributed by atoms with van der Waals surface area (Å²) < 4.78 is 21.7. The van der Waals surface area contributed by atoms with Crippen LogP contribution >= 0.6 is 11.8 Å². The maximum absolute atomic E-state index is 13.8. The first-order valence-electron chi connectivity index (χ1n) is 15.8. The highest BCUT2D eigenvalue weighted by Gasteiger charge is 2.23. The second kappa shape index (κ2) is 17.5. The summed E-state index contributed by atoms with van der Waals surface area (Å²) in [5, 5.41) is 8.03. The maximum atomic E-state index is 13.8. The van der Waals surface area contributed by atoms with Crippen molar-refractivity contribution in [2.24, 2.45) is 0 Å². The van der Waals surface area contributed by atoms with Crippen LogP contribution in [0.25, 0.3) is 6.08 Å². The van der Waals surface area contributed by atoms with Gasteiger partial charge in [-0.3, -0.25) is 14.4 Å². The van der Waals surface area contributed by atoms with E-state index in [1.165, 1.54) is 39.2 Å². The van der Waals surface area contributed by atoms with Crippen molar-refractivity contribution in [3.63, 3.8) is 0 Å². The van der Waals surface area contributed by atoms with Crippen LogP contribution in [0.2, 0.25) is 0 Å². The highest BCUT2D eigenvalue weighted by molar-refractivity contribution is 8.00. The van der Waals surface area contributed by atoms with Crippen LogP contribution in [-0.2, 0) is 9.59 Å². The van der Waals surface area contributed by atoms with Crippen molar-refractivity contribution < 1.29 is 33.3 Å². The van der Waals surface area contributed by atoms with Crippen molar-refractivity contribution in [1.82, 2.24) is 5.32 Å². The van der Waals surface area contributed by atoms with E-state index in [-0.39, 0.29) is 11.6 Å². The molecule has 0 fully saturated rings. The van der Waals surface area contributed by atoms with Gasteiger partial charge in [0.15, 0.2) is 11.5 Å². The number of carbonyl (C=O) groups is 3. The van der Waals surface area contributed by atoms with Crippen LogP contribution in [0.15, 0.2) is 132 Å². The highest BCUT2D eigenvalue weighted by atomic mass is 32.2. The molecule has 10 nitrogen and oxygen atoms in total. The summed E-state index contributed by atoms with van der Waals surface area (Å²) >= 11 is 1.37. The predicted octanol–water partition coefficient (Wildman–Crippen LogP) is 7.60. The van der Waals surface area contributed by atoms with Gasteiger partial charge in [-0.05, 0) is 66.2 Å². The van der Waals surface area contributed by atoms with Crippen LogP contribution in [0.3, 0.4) is 0 Å². The minimum Gasteiger partial charge on any atom is -0.497 e. The number of hydrogen-bond acceptors (Lipinski definition) is 8. The summed E-state index contributed by atoms with van der Waals surface area (Å²) in [5.74, 6) is 0.644. The average Bonchev–Trinajstić information content (AvgIpc) is 3.17. The standard InChI is InChI=1S/C40H37N3O7S/c1-47-31-17-11-16-30(24-31)42-40(46)37(26-12-7-5-8-13-26)51-32-20-18-29(19-21-32)41-39(45)33(43-38(44)27-14-9-6-10-15-27)22-28-23-35(49-3)36(50-4)25-34(28)48-2/h5-25,37H,1-4H3,(H,41,45)(H,42,46)(H,43,44)/b33-22-. The molecule has 0 saturated carbocycles. The van der Waals surface area contributed by atoms with Gasteiger partial charge in [0.2, 0.25) is 5.91 Å². The molecule has 5 rings (SSSR count). The zero-order chi connectivity index (χ0) is 36.2. The SMILES string of the molecule is COc1cccc(NC(=O)C(Sc2ccc(NC(=O)/C(=C/c3cc(OC)c(OC)cc3OC)NC(=O)c3ccccc3)cc2)c2ccccc2)c1. The molecule has 3 amide bonds. The Morgan fingerprint density at radius 2 is 1.27 bits per heavy atom. The van der Waals surface area contributed by atoms with Gasteiger partial charge in [0.05, 0.1) is 28.4 Å². The number of anilines is 2. The van der Waals surface area contributed by atoms with Crippen LogP contribution in [0.1, 0.15) is 26.7 Å². The Bertz CT molecular complexity index is 2000. The van der Waals surface area contributed by atoms with Crippen molar-refractivity contribution in [1.29, 1.82) is 0 Å². The molecule has 0 saturated heterocycles. The van der Waals surface area contributed by atoms with Gasteiger partial charge in [-0.2, -0.15) is 0 Å². The van der Waals surface area contributed by atoms with Gasteiger partial charge in [-0.15, -0.1) is 11.8 Å². The Kier molecular flexibility index (Phi) is 12.4. The molecule has 0 bridgehead atoms. The van der Waals surface area contributed by atoms with Gasteiger partial charge in [0, 0.05) is 39.5 Å². The van der Waals surface area contributed by atoms with E-state index < -0.39 is 17.1 Å². The van der Waals surface area contributed by atoms with Crippen molar-refractivity contribution in [2.75, 3.05) is 39.1 Å². The molecular formula is C40H37N3O7S. The number of benzene rings is 5. The molecule has 3 N–H and O–H groups in total. The second-order valence-electron chi connectivity index (χ2n) is 10.9. The van der Waals surface area contributed by atoms with Gasteiger partial charge < -0.3 is 34.9 Å². The summed E-state index contributed by atoms with van der Waals surface area (Å²) in [6.45, 7) is 0. The normalized spacial score (nSPS) is 11.5. The Hall–Kier alpha value is -6.20. The number of carbonyl (C=O) groups excluding carboxylic acids is 3. The Balaban J connectivity index is 1.38. The summed E-state index contributed by atoms with van der Waals surface area (Å²) in [7, 11) is 6.07. The lowest BCUT2D eigenvalue weighted by Gasteiger charge is -2.18. The fraction of sp³-hybridized carbons (Fsp3) is 0.125. The third-order valence-corrected chi connectivity index (χ3v) is 8.87. The highest BCUT2D eigenvalue weighted by Crippen LogP contribution is 2.38. The number of hydrogen-bond donors (Lipinski definition) is 3. The minimum absolute atomic E-state index is 0.0359. The average molecular weight is 704 g/mol. The van der Waals surface area contributed by atoms with E-state index >= 15 is 0 Å². The number of methoxy groups -OCH3 is 4. The van der Waals surface area contributed by atoms with E-state index in [9.17, 15) is 14.4 Å². The van der Waals surface area contributed by atoms with Crippen molar-refractivity contribution >= 4 is 46.9 Å². The Morgan fingerprint density at radius 1 is 0.627 bits per heavy atom. The molecule has 5 aromatic rings. The zero-order valence-corrected chi connectivity index (χ0v) is 29.3. The molecule has 0 spiro atoms. The van der Waals surface area contributed by atoms with E-state index in [4.69, 9.17) is 18.9 Å². The summed E-state index contributed by atoms with van der Waals surface area (Å²) in [4.78, 5) is 41.3. The van der Waals surface area contributed by atoms with Crippen LogP contribution in [0.5, 0.6) is 23.0 Å². The van der Waals surface area contributed by atoms with Crippen LogP contribution in [0.4, 0.5) is 11.4 Å². The van der Waals surface area contributed by atoms with Gasteiger partial charge in [0.25, 0.3) is 11.8 Å². The smallest absolute Gasteiger partial charge is 0.272 e. The van der Waals surface area contributed by atoms with Crippen LogP contribution in [-0.4, -0.2) is 46.2 Å². The molecule has 5 aromatic carbocycles. The molecule has 11 heteroatoms. The van der Waals surface area contributed by atoms with E-state index in [0.717, 1.165) is 10.5 Å². The lowest BCUT2D eigenvalue weighted by atomic mass is 10.1. The third-order valence-electron chi connectivity index (χ3n) is 7.61. The van der Waals surface area contributed by atoms with E-state index in [1.54, 1.807) is 73.8 Å². The van der Waals surface area contributed by atoms with Gasteiger partial charge in [-0.25, -0.2) is 0 Å². The molecule has 51 heavy (non-hydrogen) atoms. The Labute approximate surface area is 300 Å². The topological polar surface area (TPSA) is 124 Å². The fourth-order valence-electron chi connectivity index (χ4n) is 5.02.